The first-order valence-electron chi connectivity index (χ1n) is 5.87. The lowest BCUT2D eigenvalue weighted by atomic mass is 10.1. The number of amides is 1. The summed E-state index contributed by atoms with van der Waals surface area (Å²) < 4.78 is 4.66. The van der Waals surface area contributed by atoms with Crippen LogP contribution in [0.4, 0.5) is 11.4 Å². The number of hydrogen-bond donors (Lipinski definition) is 2. The number of carbonyl (C=O) groups excluding carboxylic acids is 2. The van der Waals surface area contributed by atoms with Crippen LogP contribution in [0.3, 0.4) is 0 Å². The van der Waals surface area contributed by atoms with E-state index in [4.69, 9.17) is 5.73 Å². The van der Waals surface area contributed by atoms with Crippen molar-refractivity contribution in [2.75, 3.05) is 18.2 Å². The fourth-order valence-corrected chi connectivity index (χ4v) is 2.49. The van der Waals surface area contributed by atoms with Crippen LogP contribution < -0.4 is 11.1 Å². The van der Waals surface area contributed by atoms with Crippen LogP contribution in [-0.2, 0) is 4.74 Å². The molecule has 0 spiro atoms. The van der Waals surface area contributed by atoms with E-state index in [0.717, 1.165) is 5.56 Å². The van der Waals surface area contributed by atoms with E-state index < -0.39 is 5.97 Å². The van der Waals surface area contributed by atoms with Crippen LogP contribution in [-0.4, -0.2) is 19.0 Å². The Balaban J connectivity index is 2.27. The van der Waals surface area contributed by atoms with Crippen molar-refractivity contribution < 1.29 is 14.3 Å². The molecule has 0 bridgehead atoms. The monoisotopic (exact) mass is 290 g/mol. The predicted molar refractivity (Wildman–Crippen MR) is 79.2 cm³/mol. The Labute approximate surface area is 120 Å². The fraction of sp³-hybridized carbons (Fsp3) is 0.143. The number of hydrogen-bond acceptors (Lipinski definition) is 5. The summed E-state index contributed by atoms with van der Waals surface area (Å²) in [6.45, 7) is 1.83. The van der Waals surface area contributed by atoms with Gasteiger partial charge in [-0.05, 0) is 30.0 Å². The number of carbonyl (C=O) groups is 2. The van der Waals surface area contributed by atoms with Crippen LogP contribution in [0.25, 0.3) is 0 Å². The van der Waals surface area contributed by atoms with Gasteiger partial charge in [0.15, 0.2) is 0 Å². The molecular weight excluding hydrogens is 276 g/mol. The van der Waals surface area contributed by atoms with E-state index in [1.165, 1.54) is 18.4 Å². The topological polar surface area (TPSA) is 81.4 Å². The van der Waals surface area contributed by atoms with Gasteiger partial charge in [-0.1, -0.05) is 12.1 Å². The molecule has 1 aromatic carbocycles. The number of rotatable bonds is 3. The van der Waals surface area contributed by atoms with E-state index in [-0.39, 0.29) is 5.91 Å². The number of esters is 1. The molecule has 5 nitrogen and oxygen atoms in total. The number of nitrogen functional groups attached to an aromatic ring is 1. The Bertz CT molecular complexity index is 664. The molecule has 0 fully saturated rings. The van der Waals surface area contributed by atoms with Crippen LogP contribution in [0.1, 0.15) is 25.6 Å². The maximum atomic E-state index is 12.2. The minimum Gasteiger partial charge on any atom is -0.465 e. The van der Waals surface area contributed by atoms with Crippen LogP contribution in [0, 0.1) is 6.92 Å². The molecule has 0 aliphatic carbocycles. The van der Waals surface area contributed by atoms with Crippen molar-refractivity contribution in [2.45, 2.75) is 6.92 Å². The second-order valence-electron chi connectivity index (χ2n) is 4.15. The molecule has 0 saturated carbocycles. The molecule has 20 heavy (non-hydrogen) atoms. The summed E-state index contributed by atoms with van der Waals surface area (Å²) in [6.07, 6.45) is 0. The van der Waals surface area contributed by atoms with Gasteiger partial charge in [0.2, 0.25) is 0 Å². The maximum Gasteiger partial charge on any atom is 0.350 e. The largest absolute Gasteiger partial charge is 0.465 e. The van der Waals surface area contributed by atoms with Crippen molar-refractivity contribution >= 4 is 34.6 Å². The summed E-state index contributed by atoms with van der Waals surface area (Å²) in [6, 6.07) is 6.88. The molecule has 0 atom stereocenters. The number of para-hydroxylation sites is 1. The average Bonchev–Trinajstić information content (AvgIpc) is 2.89. The zero-order valence-electron chi connectivity index (χ0n) is 11.1. The summed E-state index contributed by atoms with van der Waals surface area (Å²) in [5.74, 6) is -0.831. The van der Waals surface area contributed by atoms with Crippen LogP contribution in [0.5, 0.6) is 0 Å². The van der Waals surface area contributed by atoms with Crippen LogP contribution in [0.2, 0.25) is 0 Å². The summed E-state index contributed by atoms with van der Waals surface area (Å²) in [5, 5.41) is 4.39. The zero-order chi connectivity index (χ0) is 14.7. The van der Waals surface area contributed by atoms with Gasteiger partial charge in [0, 0.05) is 5.69 Å². The van der Waals surface area contributed by atoms with Gasteiger partial charge in [0.05, 0.1) is 18.4 Å². The second-order valence-corrected chi connectivity index (χ2v) is 5.06. The molecule has 6 heteroatoms. The second kappa shape index (κ2) is 5.75. The molecule has 3 N–H and O–H groups in total. The van der Waals surface area contributed by atoms with Gasteiger partial charge in [-0.3, -0.25) is 4.79 Å². The predicted octanol–water partition coefficient (Wildman–Crippen LogP) is 2.68. The molecule has 1 aromatic heterocycles. The number of aryl methyl sites for hydroxylation is 1. The van der Waals surface area contributed by atoms with Crippen molar-refractivity contribution in [3.8, 4) is 0 Å². The SMILES string of the molecule is COC(=O)c1sccc1NC(=O)c1cccc(C)c1N. The van der Waals surface area contributed by atoms with Crippen molar-refractivity contribution in [1.82, 2.24) is 0 Å². The quantitative estimate of drug-likeness (QED) is 0.672. The number of nitrogens with two attached hydrogens (primary N) is 1. The maximum absolute atomic E-state index is 12.2. The molecule has 1 amide bonds. The van der Waals surface area contributed by atoms with Gasteiger partial charge >= 0.3 is 5.97 Å². The number of methoxy groups -OCH3 is 1. The highest BCUT2D eigenvalue weighted by molar-refractivity contribution is 7.12. The lowest BCUT2D eigenvalue weighted by Gasteiger charge is -2.09. The third-order valence-electron chi connectivity index (χ3n) is 2.85. The summed E-state index contributed by atoms with van der Waals surface area (Å²) in [7, 11) is 1.30. The minimum atomic E-state index is -0.479. The standard InChI is InChI=1S/C14H14N2O3S/c1-8-4-3-5-9(11(8)15)13(17)16-10-6-7-20-12(10)14(18)19-2/h3-7H,15H2,1-2H3,(H,16,17). The van der Waals surface area contributed by atoms with Crippen molar-refractivity contribution in [3.05, 3.63) is 45.6 Å². The van der Waals surface area contributed by atoms with E-state index in [1.54, 1.807) is 23.6 Å². The van der Waals surface area contributed by atoms with E-state index in [1.807, 2.05) is 13.0 Å². The molecule has 0 radical (unpaired) electrons. The normalized spacial score (nSPS) is 10.1. The van der Waals surface area contributed by atoms with E-state index in [2.05, 4.69) is 10.1 Å². The molecule has 2 aromatic rings. The Morgan fingerprint density at radius 1 is 1.30 bits per heavy atom. The molecule has 104 valence electrons. The minimum absolute atomic E-state index is 0.352. The van der Waals surface area contributed by atoms with Crippen LogP contribution >= 0.6 is 11.3 Å². The van der Waals surface area contributed by atoms with Gasteiger partial charge in [0.25, 0.3) is 5.91 Å². The summed E-state index contributed by atoms with van der Waals surface area (Å²) >= 11 is 1.21. The van der Waals surface area contributed by atoms with Crippen molar-refractivity contribution in [1.29, 1.82) is 0 Å². The number of benzene rings is 1. The summed E-state index contributed by atoms with van der Waals surface area (Å²) in [5.41, 5.74) is 7.95. The van der Waals surface area contributed by atoms with Crippen molar-refractivity contribution in [2.24, 2.45) is 0 Å². The summed E-state index contributed by atoms with van der Waals surface area (Å²) in [4.78, 5) is 24.1. The first-order valence-corrected chi connectivity index (χ1v) is 6.74. The molecule has 0 saturated heterocycles. The molecule has 2 rings (SSSR count). The van der Waals surface area contributed by atoms with Gasteiger partial charge in [-0.2, -0.15) is 0 Å². The highest BCUT2D eigenvalue weighted by atomic mass is 32.1. The van der Waals surface area contributed by atoms with Gasteiger partial charge in [-0.25, -0.2) is 4.79 Å². The van der Waals surface area contributed by atoms with Gasteiger partial charge < -0.3 is 15.8 Å². The molecular formula is C14H14N2O3S. The van der Waals surface area contributed by atoms with Gasteiger partial charge in [0.1, 0.15) is 4.88 Å². The van der Waals surface area contributed by atoms with Gasteiger partial charge in [-0.15, -0.1) is 11.3 Å². The zero-order valence-corrected chi connectivity index (χ0v) is 11.9. The van der Waals surface area contributed by atoms with Crippen LogP contribution in [0.15, 0.2) is 29.6 Å². The van der Waals surface area contributed by atoms with E-state index in [9.17, 15) is 9.59 Å². The number of ether oxygens (including phenoxy) is 1. The first-order chi connectivity index (χ1) is 9.54. The number of nitrogens with one attached hydrogen (secondary N) is 1. The smallest absolute Gasteiger partial charge is 0.350 e. The lowest BCUT2D eigenvalue weighted by molar-refractivity contribution is 0.0607. The number of anilines is 2. The molecule has 0 aliphatic heterocycles. The highest BCUT2D eigenvalue weighted by Gasteiger charge is 2.17. The fourth-order valence-electron chi connectivity index (χ4n) is 1.73. The Hall–Kier alpha value is -2.34. The Morgan fingerprint density at radius 3 is 2.75 bits per heavy atom. The van der Waals surface area contributed by atoms with E-state index >= 15 is 0 Å². The van der Waals surface area contributed by atoms with E-state index in [0.29, 0.717) is 21.8 Å². The average molecular weight is 290 g/mol. The number of thiophene rings is 1. The Morgan fingerprint density at radius 2 is 2.05 bits per heavy atom. The molecule has 0 aliphatic rings. The highest BCUT2D eigenvalue weighted by Crippen LogP contribution is 2.25. The third-order valence-corrected chi connectivity index (χ3v) is 3.75. The Kier molecular flexibility index (Phi) is 4.05. The molecule has 0 unspecified atom stereocenters. The lowest BCUT2D eigenvalue weighted by Crippen LogP contribution is -2.16. The third kappa shape index (κ3) is 2.65. The first kappa shape index (κ1) is 14.1. The molecule has 1 heterocycles. The van der Waals surface area contributed by atoms with Crippen molar-refractivity contribution in [3.63, 3.8) is 0 Å².